The van der Waals surface area contributed by atoms with Crippen molar-refractivity contribution >= 4 is 23.6 Å². The maximum atomic E-state index is 13.6. The summed E-state index contributed by atoms with van der Waals surface area (Å²) >= 11 is 0. The zero-order valence-electron chi connectivity index (χ0n) is 16.6. The number of rotatable bonds is 5. The minimum Gasteiger partial charge on any atom is -0.448 e. The van der Waals surface area contributed by atoms with Gasteiger partial charge in [-0.3, -0.25) is 19.2 Å². The number of likely N-dealkylation sites (tertiary alicyclic amines) is 1. The molecule has 2 saturated heterocycles. The van der Waals surface area contributed by atoms with Crippen LogP contribution >= 0.6 is 0 Å². The van der Waals surface area contributed by atoms with Crippen molar-refractivity contribution in [2.24, 2.45) is 0 Å². The lowest BCUT2D eigenvalue weighted by Crippen LogP contribution is -2.45. The molecule has 2 aromatic rings. The highest BCUT2D eigenvalue weighted by atomic mass is 16.6. The van der Waals surface area contributed by atoms with E-state index in [1.165, 1.54) is 4.90 Å². The standard InChI is InChI=1S/C21H23N5O4/c27-18(14-23-12-13-30-20(23)29)24-9-6-21(15-24)16-4-1-2-5-17(16)26(19(21)28)11-10-25-8-3-7-22-25/h1-5,7-8H,6,9-15H2. The van der Waals surface area contributed by atoms with Crippen molar-refractivity contribution in [3.05, 3.63) is 48.3 Å². The average Bonchev–Trinajstić information content (AvgIpc) is 3.53. The van der Waals surface area contributed by atoms with Crippen LogP contribution in [0.1, 0.15) is 12.0 Å². The van der Waals surface area contributed by atoms with Gasteiger partial charge in [0, 0.05) is 37.7 Å². The van der Waals surface area contributed by atoms with Gasteiger partial charge in [0.05, 0.1) is 18.5 Å². The molecule has 3 aliphatic heterocycles. The molecule has 2 fully saturated rings. The van der Waals surface area contributed by atoms with Crippen molar-refractivity contribution in [3.8, 4) is 0 Å². The summed E-state index contributed by atoms with van der Waals surface area (Å²) in [7, 11) is 0. The highest BCUT2D eigenvalue weighted by Crippen LogP contribution is 2.47. The maximum absolute atomic E-state index is 13.6. The van der Waals surface area contributed by atoms with Crippen molar-refractivity contribution in [2.45, 2.75) is 18.4 Å². The number of fused-ring (bicyclic) bond motifs is 2. The van der Waals surface area contributed by atoms with Crippen LogP contribution in [0.2, 0.25) is 0 Å². The van der Waals surface area contributed by atoms with E-state index in [0.717, 1.165) is 11.3 Å². The smallest absolute Gasteiger partial charge is 0.410 e. The van der Waals surface area contributed by atoms with Gasteiger partial charge in [-0.1, -0.05) is 18.2 Å². The number of ether oxygens (including phenoxy) is 1. The Kier molecular flexibility index (Phi) is 4.45. The Morgan fingerprint density at radius 1 is 1.13 bits per heavy atom. The second-order valence-electron chi connectivity index (χ2n) is 7.93. The van der Waals surface area contributed by atoms with Crippen molar-refractivity contribution in [1.29, 1.82) is 0 Å². The van der Waals surface area contributed by atoms with Crippen LogP contribution in [0.25, 0.3) is 0 Å². The van der Waals surface area contributed by atoms with Gasteiger partial charge in [0.1, 0.15) is 13.2 Å². The molecule has 1 aromatic heterocycles. The minimum absolute atomic E-state index is 0.00619. The van der Waals surface area contributed by atoms with Crippen LogP contribution in [0.4, 0.5) is 10.5 Å². The second-order valence-corrected chi connectivity index (χ2v) is 7.93. The van der Waals surface area contributed by atoms with Gasteiger partial charge >= 0.3 is 6.09 Å². The number of carbonyl (C=O) groups is 3. The molecule has 3 amide bonds. The first-order valence-corrected chi connectivity index (χ1v) is 10.2. The first-order valence-electron chi connectivity index (χ1n) is 10.2. The number of carbonyl (C=O) groups excluding carboxylic acids is 3. The number of hydrogen-bond donors (Lipinski definition) is 0. The van der Waals surface area contributed by atoms with Gasteiger partial charge in [-0.15, -0.1) is 0 Å². The third-order valence-corrected chi connectivity index (χ3v) is 6.27. The van der Waals surface area contributed by atoms with Crippen molar-refractivity contribution in [1.82, 2.24) is 19.6 Å². The highest BCUT2D eigenvalue weighted by Gasteiger charge is 2.55. The second kappa shape index (κ2) is 7.16. The molecule has 0 aliphatic carbocycles. The fraction of sp³-hybridized carbons (Fsp3) is 0.429. The van der Waals surface area contributed by atoms with E-state index < -0.39 is 11.5 Å². The SMILES string of the molecule is O=C(CN1CCOC1=O)N1CCC2(C1)C(=O)N(CCn1cccn1)c1ccccc12. The molecule has 3 aliphatic rings. The van der Waals surface area contributed by atoms with Gasteiger partial charge in [-0.05, 0) is 24.1 Å². The van der Waals surface area contributed by atoms with Crippen LogP contribution < -0.4 is 4.90 Å². The van der Waals surface area contributed by atoms with Crippen molar-refractivity contribution in [2.75, 3.05) is 44.2 Å². The first kappa shape index (κ1) is 18.7. The number of hydrogen-bond acceptors (Lipinski definition) is 5. The van der Waals surface area contributed by atoms with Crippen molar-refractivity contribution in [3.63, 3.8) is 0 Å². The minimum atomic E-state index is -0.720. The topological polar surface area (TPSA) is 88.0 Å². The number of cyclic esters (lactones) is 1. The molecule has 0 saturated carbocycles. The summed E-state index contributed by atoms with van der Waals surface area (Å²) in [6.45, 7) is 2.68. The van der Waals surface area contributed by atoms with E-state index in [1.54, 1.807) is 15.8 Å². The summed E-state index contributed by atoms with van der Waals surface area (Å²) < 4.78 is 6.71. The summed E-state index contributed by atoms with van der Waals surface area (Å²) in [4.78, 5) is 43.0. The number of nitrogens with zero attached hydrogens (tertiary/aromatic N) is 5. The number of aromatic nitrogens is 2. The Hall–Kier alpha value is -3.36. The Bertz CT molecular complexity index is 991. The Morgan fingerprint density at radius 2 is 2.00 bits per heavy atom. The molecule has 1 spiro atoms. The third-order valence-electron chi connectivity index (χ3n) is 6.27. The van der Waals surface area contributed by atoms with Crippen LogP contribution in [-0.4, -0.2) is 76.8 Å². The van der Waals surface area contributed by atoms with E-state index in [0.29, 0.717) is 45.8 Å². The number of anilines is 1. The molecule has 1 aromatic carbocycles. The first-order chi connectivity index (χ1) is 14.6. The maximum Gasteiger partial charge on any atom is 0.410 e. The third kappa shape index (κ3) is 2.92. The molecule has 9 nitrogen and oxygen atoms in total. The Balaban J connectivity index is 1.35. The van der Waals surface area contributed by atoms with Crippen LogP contribution in [0.5, 0.6) is 0 Å². The quantitative estimate of drug-likeness (QED) is 0.731. The number of para-hydroxylation sites is 1. The normalized spacial score (nSPS) is 22.9. The van der Waals surface area contributed by atoms with E-state index in [-0.39, 0.29) is 18.4 Å². The molecule has 156 valence electrons. The summed E-state index contributed by atoms with van der Waals surface area (Å²) in [6, 6.07) is 9.69. The van der Waals surface area contributed by atoms with Gasteiger partial charge in [-0.2, -0.15) is 5.10 Å². The number of amides is 3. The highest BCUT2D eigenvalue weighted by molar-refractivity contribution is 6.09. The zero-order chi connectivity index (χ0) is 20.7. The molecule has 0 N–H and O–H groups in total. The van der Waals surface area contributed by atoms with Gasteiger partial charge in [-0.25, -0.2) is 4.79 Å². The summed E-state index contributed by atoms with van der Waals surface area (Å²) in [5.74, 6) is -0.113. The average molecular weight is 409 g/mol. The molecule has 0 bridgehead atoms. The van der Waals surface area contributed by atoms with Crippen LogP contribution in [0.15, 0.2) is 42.7 Å². The summed E-state index contributed by atoms with van der Waals surface area (Å²) in [6.07, 6.45) is 3.72. The van der Waals surface area contributed by atoms with Crippen LogP contribution in [-0.2, 0) is 26.3 Å². The number of benzene rings is 1. The molecule has 5 rings (SSSR count). The van der Waals surface area contributed by atoms with Gasteiger partial charge in [0.15, 0.2) is 0 Å². The lowest BCUT2D eigenvalue weighted by atomic mass is 9.81. The zero-order valence-corrected chi connectivity index (χ0v) is 16.6. The molecule has 0 radical (unpaired) electrons. The largest absolute Gasteiger partial charge is 0.448 e. The van der Waals surface area contributed by atoms with Gasteiger partial charge in [0.25, 0.3) is 0 Å². The fourth-order valence-corrected chi connectivity index (χ4v) is 4.70. The van der Waals surface area contributed by atoms with E-state index in [2.05, 4.69) is 5.10 Å². The van der Waals surface area contributed by atoms with Gasteiger partial charge in [0.2, 0.25) is 11.8 Å². The molecule has 1 atom stereocenters. The summed E-state index contributed by atoms with van der Waals surface area (Å²) in [5.41, 5.74) is 1.17. The molecule has 1 unspecified atom stereocenters. The molecule has 9 heteroatoms. The molecule has 30 heavy (non-hydrogen) atoms. The van der Waals surface area contributed by atoms with Gasteiger partial charge < -0.3 is 14.5 Å². The Labute approximate surface area is 173 Å². The van der Waals surface area contributed by atoms with E-state index in [4.69, 9.17) is 4.74 Å². The van der Waals surface area contributed by atoms with E-state index in [9.17, 15) is 14.4 Å². The van der Waals surface area contributed by atoms with E-state index >= 15 is 0 Å². The van der Waals surface area contributed by atoms with E-state index in [1.807, 2.05) is 41.4 Å². The fourth-order valence-electron chi connectivity index (χ4n) is 4.70. The molecular formula is C21H23N5O4. The molecular weight excluding hydrogens is 386 g/mol. The molecule has 4 heterocycles. The summed E-state index contributed by atoms with van der Waals surface area (Å²) in [5, 5.41) is 4.22. The Morgan fingerprint density at radius 3 is 2.77 bits per heavy atom. The lowest BCUT2D eigenvalue weighted by molar-refractivity contribution is -0.131. The van der Waals surface area contributed by atoms with Crippen LogP contribution in [0.3, 0.4) is 0 Å². The van der Waals surface area contributed by atoms with Crippen LogP contribution in [0, 0.1) is 0 Å². The predicted molar refractivity (Wildman–Crippen MR) is 107 cm³/mol. The van der Waals surface area contributed by atoms with Crippen molar-refractivity contribution < 1.29 is 19.1 Å². The predicted octanol–water partition coefficient (Wildman–Crippen LogP) is 0.852. The monoisotopic (exact) mass is 409 g/mol. The lowest BCUT2D eigenvalue weighted by Gasteiger charge is -2.25.